The van der Waals surface area contributed by atoms with E-state index in [-0.39, 0.29) is 6.67 Å². The molecule has 0 fully saturated rings. The Morgan fingerprint density at radius 1 is 1.33 bits per heavy atom. The average molecular weight is 250 g/mol. The number of methoxy groups -OCH3 is 1. The highest BCUT2D eigenvalue weighted by atomic mass is 19.1. The first-order chi connectivity index (χ1) is 8.74. The molecule has 4 heteroatoms. The molecule has 0 atom stereocenters. The third kappa shape index (κ3) is 2.82. The molecule has 0 aliphatic heterocycles. The third-order valence-corrected chi connectivity index (χ3v) is 3.20. The molecule has 98 valence electrons. The molecule has 2 rings (SSSR count). The number of H-pyrrole nitrogens is 1. The molecule has 2 aromatic rings. The predicted molar refractivity (Wildman–Crippen MR) is 72.0 cm³/mol. The average Bonchev–Trinajstić information content (AvgIpc) is 2.79. The zero-order valence-corrected chi connectivity index (χ0v) is 10.9. The van der Waals surface area contributed by atoms with Crippen molar-refractivity contribution >= 4 is 10.9 Å². The van der Waals surface area contributed by atoms with E-state index in [1.807, 2.05) is 36.3 Å². The van der Waals surface area contributed by atoms with Crippen LogP contribution in [0.5, 0.6) is 5.75 Å². The van der Waals surface area contributed by atoms with Crippen LogP contribution in [0, 0.1) is 0 Å². The number of alkyl halides is 1. The standard InChI is InChI=1S/C14H19FN2O/c1-17(8-6-15)7-5-11-10-16-14-4-3-12(18-2)9-13(11)14/h3-4,9-10,16H,5-8H2,1-2H3. The Labute approximate surface area is 107 Å². The zero-order valence-electron chi connectivity index (χ0n) is 10.9. The molecule has 0 spiro atoms. The van der Waals surface area contributed by atoms with Crippen molar-refractivity contribution in [3.8, 4) is 5.75 Å². The summed E-state index contributed by atoms with van der Waals surface area (Å²) in [5.41, 5.74) is 2.36. The molecule has 0 aliphatic rings. The summed E-state index contributed by atoms with van der Waals surface area (Å²) >= 11 is 0. The third-order valence-electron chi connectivity index (χ3n) is 3.20. The van der Waals surface area contributed by atoms with Gasteiger partial charge in [0.2, 0.25) is 0 Å². The number of hydrogen-bond acceptors (Lipinski definition) is 2. The maximum atomic E-state index is 12.2. The Hall–Kier alpha value is -1.55. The van der Waals surface area contributed by atoms with Gasteiger partial charge in [0.05, 0.1) is 7.11 Å². The minimum absolute atomic E-state index is 0.293. The molecule has 0 aliphatic carbocycles. The number of fused-ring (bicyclic) bond motifs is 1. The van der Waals surface area contributed by atoms with Crippen molar-refractivity contribution in [3.63, 3.8) is 0 Å². The molecule has 1 N–H and O–H groups in total. The van der Waals surface area contributed by atoms with Gasteiger partial charge in [0.1, 0.15) is 12.4 Å². The van der Waals surface area contributed by atoms with Crippen LogP contribution in [0.25, 0.3) is 10.9 Å². The highest BCUT2D eigenvalue weighted by Gasteiger charge is 2.06. The number of likely N-dealkylation sites (N-methyl/N-ethyl adjacent to an activating group) is 1. The van der Waals surface area contributed by atoms with Crippen LogP contribution in [-0.4, -0.2) is 43.8 Å². The fourth-order valence-corrected chi connectivity index (χ4v) is 2.06. The molecule has 0 saturated heterocycles. The summed E-state index contributed by atoms with van der Waals surface area (Å²) in [6, 6.07) is 6.00. The van der Waals surface area contributed by atoms with E-state index in [0.29, 0.717) is 6.54 Å². The molecule has 0 bridgehead atoms. The molecule has 0 amide bonds. The summed E-state index contributed by atoms with van der Waals surface area (Å²) in [6.07, 6.45) is 2.93. The van der Waals surface area contributed by atoms with Crippen molar-refractivity contribution in [3.05, 3.63) is 30.0 Å². The van der Waals surface area contributed by atoms with Crippen LogP contribution in [-0.2, 0) is 6.42 Å². The first kappa shape index (κ1) is 12.9. The Kier molecular flexibility index (Phi) is 4.20. The summed E-state index contributed by atoms with van der Waals surface area (Å²) in [4.78, 5) is 5.25. The number of rotatable bonds is 6. The van der Waals surface area contributed by atoms with E-state index >= 15 is 0 Å². The molecular formula is C14H19FN2O. The topological polar surface area (TPSA) is 28.3 Å². The molecule has 0 saturated carbocycles. The smallest absolute Gasteiger partial charge is 0.119 e. The lowest BCUT2D eigenvalue weighted by molar-refractivity contribution is 0.298. The number of nitrogens with one attached hydrogen (secondary N) is 1. The van der Waals surface area contributed by atoms with E-state index in [1.54, 1.807) is 7.11 Å². The van der Waals surface area contributed by atoms with E-state index in [1.165, 1.54) is 10.9 Å². The van der Waals surface area contributed by atoms with Gasteiger partial charge in [-0.25, -0.2) is 4.39 Å². The molecule has 18 heavy (non-hydrogen) atoms. The summed E-state index contributed by atoms with van der Waals surface area (Å²) in [6.45, 7) is 1.05. The lowest BCUT2D eigenvalue weighted by Gasteiger charge is -2.13. The Bertz CT molecular complexity index is 509. The minimum atomic E-state index is -0.293. The largest absolute Gasteiger partial charge is 0.497 e. The fraction of sp³-hybridized carbons (Fsp3) is 0.429. The summed E-state index contributed by atoms with van der Waals surface area (Å²) in [7, 11) is 3.61. The number of halogens is 1. The van der Waals surface area contributed by atoms with Crippen LogP contribution in [0.2, 0.25) is 0 Å². The second-order valence-electron chi connectivity index (χ2n) is 4.47. The SMILES string of the molecule is COc1ccc2[nH]cc(CCN(C)CCF)c2c1. The van der Waals surface area contributed by atoms with Gasteiger partial charge in [0.15, 0.2) is 0 Å². The summed E-state index contributed by atoms with van der Waals surface area (Å²) < 4.78 is 17.4. The molecule has 1 heterocycles. The first-order valence-corrected chi connectivity index (χ1v) is 6.13. The van der Waals surface area contributed by atoms with Crippen LogP contribution < -0.4 is 4.74 Å². The molecule has 0 radical (unpaired) electrons. The van der Waals surface area contributed by atoms with E-state index in [2.05, 4.69) is 4.98 Å². The van der Waals surface area contributed by atoms with Crippen LogP contribution in [0.1, 0.15) is 5.56 Å². The summed E-state index contributed by atoms with van der Waals surface area (Å²) in [5.74, 6) is 0.862. The number of ether oxygens (including phenoxy) is 1. The van der Waals surface area contributed by atoms with Crippen molar-refractivity contribution < 1.29 is 9.13 Å². The molecule has 3 nitrogen and oxygen atoms in total. The lowest BCUT2D eigenvalue weighted by Crippen LogP contribution is -2.23. The van der Waals surface area contributed by atoms with Gasteiger partial charge in [0.25, 0.3) is 0 Å². The van der Waals surface area contributed by atoms with Crippen LogP contribution >= 0.6 is 0 Å². The molecule has 1 aromatic carbocycles. The predicted octanol–water partition coefficient (Wildman–Crippen LogP) is 2.62. The van der Waals surface area contributed by atoms with E-state index < -0.39 is 0 Å². The van der Waals surface area contributed by atoms with Gasteiger partial charge in [0, 0.05) is 30.2 Å². The minimum Gasteiger partial charge on any atom is -0.497 e. The van der Waals surface area contributed by atoms with Gasteiger partial charge >= 0.3 is 0 Å². The van der Waals surface area contributed by atoms with Gasteiger partial charge in [-0.2, -0.15) is 0 Å². The van der Waals surface area contributed by atoms with Crippen LogP contribution in [0.4, 0.5) is 4.39 Å². The van der Waals surface area contributed by atoms with Crippen molar-refractivity contribution in [1.29, 1.82) is 0 Å². The van der Waals surface area contributed by atoms with Gasteiger partial charge in [-0.3, -0.25) is 0 Å². The Morgan fingerprint density at radius 2 is 2.17 bits per heavy atom. The van der Waals surface area contributed by atoms with Crippen molar-refractivity contribution in [2.45, 2.75) is 6.42 Å². The number of aromatic amines is 1. The summed E-state index contributed by atoms with van der Waals surface area (Å²) in [5, 5.41) is 1.18. The molecular weight excluding hydrogens is 231 g/mol. The Balaban J connectivity index is 2.12. The van der Waals surface area contributed by atoms with E-state index in [0.717, 1.165) is 24.2 Å². The van der Waals surface area contributed by atoms with Crippen molar-refractivity contribution in [1.82, 2.24) is 9.88 Å². The zero-order chi connectivity index (χ0) is 13.0. The number of nitrogens with zero attached hydrogens (tertiary/aromatic N) is 1. The maximum absolute atomic E-state index is 12.2. The number of benzene rings is 1. The fourth-order valence-electron chi connectivity index (χ4n) is 2.06. The lowest BCUT2D eigenvalue weighted by atomic mass is 10.1. The maximum Gasteiger partial charge on any atom is 0.119 e. The van der Waals surface area contributed by atoms with Crippen molar-refractivity contribution in [2.75, 3.05) is 33.9 Å². The highest BCUT2D eigenvalue weighted by molar-refractivity contribution is 5.84. The van der Waals surface area contributed by atoms with Gasteiger partial charge in [-0.1, -0.05) is 0 Å². The van der Waals surface area contributed by atoms with Crippen LogP contribution in [0.15, 0.2) is 24.4 Å². The number of hydrogen-bond donors (Lipinski definition) is 1. The second-order valence-corrected chi connectivity index (χ2v) is 4.47. The van der Waals surface area contributed by atoms with Gasteiger partial charge < -0.3 is 14.6 Å². The van der Waals surface area contributed by atoms with E-state index in [9.17, 15) is 4.39 Å². The second kappa shape index (κ2) is 5.87. The number of aromatic nitrogens is 1. The highest BCUT2D eigenvalue weighted by Crippen LogP contribution is 2.23. The Morgan fingerprint density at radius 3 is 2.89 bits per heavy atom. The monoisotopic (exact) mass is 250 g/mol. The van der Waals surface area contributed by atoms with Gasteiger partial charge in [-0.05, 0) is 37.2 Å². The van der Waals surface area contributed by atoms with E-state index in [4.69, 9.17) is 4.74 Å². The van der Waals surface area contributed by atoms with Crippen LogP contribution in [0.3, 0.4) is 0 Å². The van der Waals surface area contributed by atoms with Gasteiger partial charge in [-0.15, -0.1) is 0 Å². The quantitative estimate of drug-likeness (QED) is 0.853. The molecule has 0 unspecified atom stereocenters. The normalized spacial score (nSPS) is 11.3. The molecule has 1 aromatic heterocycles. The first-order valence-electron chi connectivity index (χ1n) is 6.13. The van der Waals surface area contributed by atoms with Crippen molar-refractivity contribution in [2.24, 2.45) is 0 Å².